The Kier molecular flexibility index (Phi) is 4.52. The number of aryl methyl sites for hydroxylation is 1. The number of nitrogens with one attached hydrogen (secondary N) is 1. The highest BCUT2D eigenvalue weighted by Gasteiger charge is 2.13. The number of rotatable bonds is 4. The molecule has 0 fully saturated rings. The highest BCUT2D eigenvalue weighted by molar-refractivity contribution is 6.33. The minimum atomic E-state index is 0.657. The van der Waals surface area contributed by atoms with Gasteiger partial charge in [-0.05, 0) is 53.9 Å². The summed E-state index contributed by atoms with van der Waals surface area (Å²) in [5, 5.41) is 4.06. The summed E-state index contributed by atoms with van der Waals surface area (Å²) in [6.45, 7) is 2.02. The Morgan fingerprint density at radius 3 is 2.53 bits per heavy atom. The van der Waals surface area contributed by atoms with Crippen LogP contribution in [0.15, 0.2) is 73.2 Å². The van der Waals surface area contributed by atoms with Crippen LogP contribution in [0.2, 0.25) is 5.02 Å². The van der Waals surface area contributed by atoms with Crippen molar-refractivity contribution < 1.29 is 4.74 Å². The molecule has 2 heterocycles. The summed E-state index contributed by atoms with van der Waals surface area (Å²) in [5.41, 5.74) is 6.85. The Morgan fingerprint density at radius 1 is 0.967 bits per heavy atom. The van der Waals surface area contributed by atoms with E-state index in [0.717, 1.165) is 44.7 Å². The third kappa shape index (κ3) is 3.13. The Hall–Kier alpha value is -3.57. The van der Waals surface area contributed by atoms with E-state index in [1.807, 2.05) is 54.0 Å². The van der Waals surface area contributed by atoms with Gasteiger partial charge in [-0.1, -0.05) is 41.9 Å². The molecule has 0 aliphatic heterocycles. The zero-order valence-corrected chi connectivity index (χ0v) is 17.3. The molecule has 1 N–H and O–H groups in total. The first-order valence-electron chi connectivity index (χ1n) is 9.56. The first-order chi connectivity index (χ1) is 14.6. The van der Waals surface area contributed by atoms with Gasteiger partial charge in [0, 0.05) is 0 Å². The minimum absolute atomic E-state index is 0.657. The number of anilines is 2. The second-order valence-electron chi connectivity index (χ2n) is 7.10. The average molecular weight is 415 g/mol. The van der Waals surface area contributed by atoms with E-state index in [4.69, 9.17) is 21.3 Å². The number of ether oxygens (including phenoxy) is 1. The monoisotopic (exact) mass is 414 g/mol. The molecule has 0 aliphatic rings. The second-order valence-corrected chi connectivity index (χ2v) is 7.51. The maximum atomic E-state index is 6.41. The van der Waals surface area contributed by atoms with Gasteiger partial charge in [-0.15, -0.1) is 0 Å². The molecule has 5 rings (SSSR count). The molecular formula is C24H19ClN4O. The van der Waals surface area contributed by atoms with Crippen molar-refractivity contribution in [3.63, 3.8) is 0 Å². The molecule has 2 aromatic heterocycles. The normalized spacial score (nSPS) is 11.2. The molecule has 0 saturated heterocycles. The van der Waals surface area contributed by atoms with Gasteiger partial charge in [0.2, 0.25) is 0 Å². The lowest BCUT2D eigenvalue weighted by atomic mass is 10.0. The van der Waals surface area contributed by atoms with Crippen molar-refractivity contribution in [2.45, 2.75) is 6.92 Å². The molecule has 5 nitrogen and oxygen atoms in total. The number of fused-ring (bicyclic) bond motifs is 3. The van der Waals surface area contributed by atoms with Crippen LogP contribution in [0.5, 0.6) is 5.75 Å². The third-order valence-electron chi connectivity index (χ3n) is 5.24. The standard InChI is InChI=1S/C24H19ClN4O/c1-15-4-3-5-19(25)23(15)28-24-22-13-26-14-29(22)21-12-17(8-11-20(21)27-24)16-6-9-18(30-2)10-7-16/h3-14H,1-2H3,(H,27,28). The van der Waals surface area contributed by atoms with E-state index in [0.29, 0.717) is 10.8 Å². The number of halogens is 1. The molecule has 0 amide bonds. The summed E-state index contributed by atoms with van der Waals surface area (Å²) in [6, 6.07) is 20.1. The number of para-hydroxylation sites is 1. The fraction of sp³-hybridized carbons (Fsp3) is 0.0833. The minimum Gasteiger partial charge on any atom is -0.497 e. The molecular weight excluding hydrogens is 396 g/mol. The number of nitrogens with zero attached hydrogens (tertiary/aromatic N) is 3. The molecule has 0 spiro atoms. The predicted molar refractivity (Wildman–Crippen MR) is 122 cm³/mol. The molecule has 5 aromatic rings. The summed E-state index contributed by atoms with van der Waals surface area (Å²) < 4.78 is 7.31. The van der Waals surface area contributed by atoms with Crippen molar-refractivity contribution in [1.82, 2.24) is 14.4 Å². The highest BCUT2D eigenvalue weighted by atomic mass is 35.5. The topological polar surface area (TPSA) is 51.5 Å². The highest BCUT2D eigenvalue weighted by Crippen LogP contribution is 2.32. The molecule has 3 aromatic carbocycles. The van der Waals surface area contributed by atoms with Gasteiger partial charge >= 0.3 is 0 Å². The fourth-order valence-electron chi connectivity index (χ4n) is 3.61. The lowest BCUT2D eigenvalue weighted by molar-refractivity contribution is 0.415. The molecule has 0 unspecified atom stereocenters. The lowest BCUT2D eigenvalue weighted by Crippen LogP contribution is -2.01. The molecule has 0 aliphatic carbocycles. The molecule has 0 saturated carbocycles. The molecule has 0 radical (unpaired) electrons. The predicted octanol–water partition coefficient (Wildman–Crippen LogP) is 6.26. The van der Waals surface area contributed by atoms with Crippen LogP contribution in [0.1, 0.15) is 5.56 Å². The second kappa shape index (κ2) is 7.35. The van der Waals surface area contributed by atoms with Gasteiger partial charge in [0.15, 0.2) is 5.82 Å². The summed E-state index contributed by atoms with van der Waals surface area (Å²) in [4.78, 5) is 9.22. The summed E-state index contributed by atoms with van der Waals surface area (Å²) in [6.07, 6.45) is 3.61. The molecule has 0 bridgehead atoms. The van der Waals surface area contributed by atoms with Crippen molar-refractivity contribution in [3.05, 3.63) is 83.8 Å². The van der Waals surface area contributed by atoms with E-state index < -0.39 is 0 Å². The summed E-state index contributed by atoms with van der Waals surface area (Å²) in [5.74, 6) is 1.55. The van der Waals surface area contributed by atoms with E-state index in [-0.39, 0.29) is 0 Å². The zero-order chi connectivity index (χ0) is 20.7. The van der Waals surface area contributed by atoms with Crippen molar-refractivity contribution >= 4 is 39.7 Å². The van der Waals surface area contributed by atoms with Crippen LogP contribution >= 0.6 is 11.6 Å². The van der Waals surface area contributed by atoms with Gasteiger partial charge in [-0.3, -0.25) is 4.40 Å². The fourth-order valence-corrected chi connectivity index (χ4v) is 3.88. The molecule has 6 heteroatoms. The first-order valence-corrected chi connectivity index (χ1v) is 9.94. The van der Waals surface area contributed by atoms with Crippen LogP contribution in [-0.2, 0) is 0 Å². The van der Waals surface area contributed by atoms with E-state index >= 15 is 0 Å². The average Bonchev–Trinajstić information content (AvgIpc) is 3.27. The van der Waals surface area contributed by atoms with Gasteiger partial charge in [-0.25, -0.2) is 9.97 Å². The van der Waals surface area contributed by atoms with E-state index in [1.54, 1.807) is 13.3 Å². The van der Waals surface area contributed by atoms with Crippen molar-refractivity contribution in [2.24, 2.45) is 0 Å². The van der Waals surface area contributed by atoms with Crippen LogP contribution < -0.4 is 10.1 Å². The molecule has 148 valence electrons. The Bertz CT molecular complexity index is 1360. The quantitative estimate of drug-likeness (QED) is 0.377. The van der Waals surface area contributed by atoms with E-state index in [9.17, 15) is 0 Å². The molecule has 30 heavy (non-hydrogen) atoms. The third-order valence-corrected chi connectivity index (χ3v) is 5.55. The maximum Gasteiger partial charge on any atom is 0.157 e. The number of hydrogen-bond donors (Lipinski definition) is 1. The number of imidazole rings is 1. The van der Waals surface area contributed by atoms with Crippen LogP contribution in [0, 0.1) is 6.92 Å². The van der Waals surface area contributed by atoms with Gasteiger partial charge in [0.25, 0.3) is 0 Å². The zero-order valence-electron chi connectivity index (χ0n) is 16.6. The van der Waals surface area contributed by atoms with Crippen LogP contribution in [0.3, 0.4) is 0 Å². The van der Waals surface area contributed by atoms with Crippen LogP contribution in [0.4, 0.5) is 11.5 Å². The largest absolute Gasteiger partial charge is 0.497 e. The Balaban J connectivity index is 1.64. The van der Waals surface area contributed by atoms with Crippen LogP contribution in [-0.4, -0.2) is 21.5 Å². The number of aromatic nitrogens is 3. The number of hydrogen-bond acceptors (Lipinski definition) is 4. The number of benzene rings is 3. The first kappa shape index (κ1) is 18.5. The van der Waals surface area contributed by atoms with E-state index in [1.165, 1.54) is 0 Å². The van der Waals surface area contributed by atoms with Crippen molar-refractivity contribution in [2.75, 3.05) is 12.4 Å². The summed E-state index contributed by atoms with van der Waals surface area (Å²) in [7, 11) is 1.67. The van der Waals surface area contributed by atoms with Gasteiger partial charge in [0.05, 0.1) is 41.4 Å². The van der Waals surface area contributed by atoms with Crippen LogP contribution in [0.25, 0.3) is 27.7 Å². The van der Waals surface area contributed by atoms with Gasteiger partial charge < -0.3 is 10.1 Å². The van der Waals surface area contributed by atoms with Crippen molar-refractivity contribution in [1.29, 1.82) is 0 Å². The summed E-state index contributed by atoms with van der Waals surface area (Å²) >= 11 is 6.41. The van der Waals surface area contributed by atoms with Gasteiger partial charge in [-0.2, -0.15) is 0 Å². The van der Waals surface area contributed by atoms with E-state index in [2.05, 4.69) is 34.6 Å². The van der Waals surface area contributed by atoms with Crippen molar-refractivity contribution in [3.8, 4) is 16.9 Å². The maximum absolute atomic E-state index is 6.41. The van der Waals surface area contributed by atoms with Gasteiger partial charge in [0.1, 0.15) is 11.3 Å². The number of methoxy groups -OCH3 is 1. The smallest absolute Gasteiger partial charge is 0.157 e. The Morgan fingerprint density at radius 2 is 1.77 bits per heavy atom. The Labute approximate surface area is 178 Å². The SMILES string of the molecule is COc1ccc(-c2ccc3nc(Nc4c(C)cccc4Cl)c4cncn4c3c2)cc1. The lowest BCUT2D eigenvalue weighted by Gasteiger charge is -2.14. The molecule has 0 atom stereocenters.